The summed E-state index contributed by atoms with van der Waals surface area (Å²) in [6, 6.07) is 2.93. The average Bonchev–Trinajstić information content (AvgIpc) is 2.51. The molecule has 1 nitrogen and oxygen atoms in total. The molecule has 1 aromatic heterocycles. The second-order valence-electron chi connectivity index (χ2n) is 5.19. The van der Waals surface area contributed by atoms with E-state index >= 15 is 0 Å². The molecule has 1 rings (SSSR count). The van der Waals surface area contributed by atoms with Gasteiger partial charge in [-0.1, -0.05) is 13.8 Å². The number of rotatable bonds is 6. The minimum atomic E-state index is 0.627. The fourth-order valence-corrected chi connectivity index (χ4v) is 2.77. The van der Waals surface area contributed by atoms with E-state index < -0.39 is 0 Å². The standard InChI is InChI=1S/C14H25NS/c1-10(2)6-7-11(3)15-9-14-8-12(4)16-13(14)5/h8,10-11,15H,6-7,9H2,1-5H3. The lowest BCUT2D eigenvalue weighted by Gasteiger charge is -2.14. The molecule has 0 saturated carbocycles. The highest BCUT2D eigenvalue weighted by atomic mass is 32.1. The average molecular weight is 239 g/mol. The minimum absolute atomic E-state index is 0.627. The molecule has 1 unspecified atom stereocenters. The van der Waals surface area contributed by atoms with Crippen molar-refractivity contribution >= 4 is 11.3 Å². The number of hydrogen-bond donors (Lipinski definition) is 1. The van der Waals surface area contributed by atoms with Crippen LogP contribution in [0.2, 0.25) is 0 Å². The van der Waals surface area contributed by atoms with E-state index in [0.717, 1.165) is 12.5 Å². The van der Waals surface area contributed by atoms with Crippen molar-refractivity contribution in [2.75, 3.05) is 0 Å². The van der Waals surface area contributed by atoms with E-state index in [2.05, 4.69) is 46.0 Å². The van der Waals surface area contributed by atoms with Crippen molar-refractivity contribution in [1.82, 2.24) is 5.32 Å². The first-order valence-corrected chi connectivity index (χ1v) is 7.10. The van der Waals surface area contributed by atoms with Crippen LogP contribution in [-0.2, 0) is 6.54 Å². The zero-order valence-corrected chi connectivity index (χ0v) is 12.1. The number of aryl methyl sites for hydroxylation is 2. The molecule has 1 N–H and O–H groups in total. The van der Waals surface area contributed by atoms with Gasteiger partial charge in [0, 0.05) is 22.3 Å². The maximum absolute atomic E-state index is 3.62. The normalized spacial score (nSPS) is 13.4. The molecule has 92 valence electrons. The van der Waals surface area contributed by atoms with Gasteiger partial charge < -0.3 is 5.32 Å². The maximum atomic E-state index is 3.62. The van der Waals surface area contributed by atoms with Crippen LogP contribution in [0, 0.1) is 19.8 Å². The number of hydrogen-bond acceptors (Lipinski definition) is 2. The van der Waals surface area contributed by atoms with E-state index in [4.69, 9.17) is 0 Å². The summed E-state index contributed by atoms with van der Waals surface area (Å²) in [4.78, 5) is 2.88. The summed E-state index contributed by atoms with van der Waals surface area (Å²) in [5, 5.41) is 3.62. The van der Waals surface area contributed by atoms with E-state index in [9.17, 15) is 0 Å². The summed E-state index contributed by atoms with van der Waals surface area (Å²) in [5.74, 6) is 0.814. The van der Waals surface area contributed by atoms with Gasteiger partial charge in [-0.15, -0.1) is 11.3 Å². The maximum Gasteiger partial charge on any atom is 0.0218 e. The van der Waals surface area contributed by atoms with Gasteiger partial charge in [-0.3, -0.25) is 0 Å². The highest BCUT2D eigenvalue weighted by molar-refractivity contribution is 7.12. The summed E-state index contributed by atoms with van der Waals surface area (Å²) < 4.78 is 0. The largest absolute Gasteiger partial charge is 0.310 e. The second kappa shape index (κ2) is 6.41. The summed E-state index contributed by atoms with van der Waals surface area (Å²) >= 11 is 1.90. The molecule has 0 saturated heterocycles. The number of nitrogens with one attached hydrogen (secondary N) is 1. The first kappa shape index (κ1) is 13.7. The Morgan fingerprint density at radius 1 is 1.19 bits per heavy atom. The summed E-state index contributed by atoms with van der Waals surface area (Å²) in [6.07, 6.45) is 2.59. The smallest absolute Gasteiger partial charge is 0.0218 e. The Morgan fingerprint density at radius 2 is 1.88 bits per heavy atom. The third kappa shape index (κ3) is 4.67. The van der Waals surface area contributed by atoms with Gasteiger partial charge in [-0.2, -0.15) is 0 Å². The molecule has 1 aromatic rings. The van der Waals surface area contributed by atoms with Crippen LogP contribution < -0.4 is 5.32 Å². The molecule has 0 fully saturated rings. The zero-order valence-electron chi connectivity index (χ0n) is 11.3. The predicted molar refractivity (Wildman–Crippen MR) is 74.2 cm³/mol. The van der Waals surface area contributed by atoms with Crippen molar-refractivity contribution in [2.45, 2.75) is 60.0 Å². The molecule has 0 radical (unpaired) electrons. The zero-order chi connectivity index (χ0) is 12.1. The topological polar surface area (TPSA) is 12.0 Å². The van der Waals surface area contributed by atoms with Gasteiger partial charge >= 0.3 is 0 Å². The predicted octanol–water partition coefficient (Wildman–Crippen LogP) is 4.28. The van der Waals surface area contributed by atoms with E-state index in [0.29, 0.717) is 6.04 Å². The Morgan fingerprint density at radius 3 is 2.38 bits per heavy atom. The van der Waals surface area contributed by atoms with E-state index in [1.165, 1.54) is 28.2 Å². The van der Waals surface area contributed by atoms with Crippen molar-refractivity contribution < 1.29 is 0 Å². The first-order chi connectivity index (χ1) is 7.49. The third-order valence-corrected chi connectivity index (χ3v) is 3.97. The van der Waals surface area contributed by atoms with Gasteiger partial charge in [0.05, 0.1) is 0 Å². The molecule has 16 heavy (non-hydrogen) atoms. The summed E-state index contributed by atoms with van der Waals surface area (Å²) in [7, 11) is 0. The Kier molecular flexibility index (Phi) is 5.50. The summed E-state index contributed by atoms with van der Waals surface area (Å²) in [5.41, 5.74) is 1.47. The van der Waals surface area contributed by atoms with Gasteiger partial charge in [0.1, 0.15) is 0 Å². The van der Waals surface area contributed by atoms with Crippen LogP contribution >= 0.6 is 11.3 Å². The van der Waals surface area contributed by atoms with E-state index in [1.807, 2.05) is 11.3 Å². The molecule has 1 heterocycles. The quantitative estimate of drug-likeness (QED) is 0.781. The van der Waals surface area contributed by atoms with Crippen LogP contribution in [0.5, 0.6) is 0 Å². The van der Waals surface area contributed by atoms with E-state index in [1.54, 1.807) is 0 Å². The van der Waals surface area contributed by atoms with Crippen LogP contribution in [0.3, 0.4) is 0 Å². The van der Waals surface area contributed by atoms with Crippen LogP contribution in [0.4, 0.5) is 0 Å². The first-order valence-electron chi connectivity index (χ1n) is 6.28. The van der Waals surface area contributed by atoms with Crippen LogP contribution in [-0.4, -0.2) is 6.04 Å². The van der Waals surface area contributed by atoms with Crippen molar-refractivity contribution in [2.24, 2.45) is 5.92 Å². The van der Waals surface area contributed by atoms with Crippen LogP contribution in [0.1, 0.15) is 48.9 Å². The Hall–Kier alpha value is -0.340. The monoisotopic (exact) mass is 239 g/mol. The molecule has 0 aliphatic carbocycles. The van der Waals surface area contributed by atoms with Gasteiger partial charge in [-0.25, -0.2) is 0 Å². The van der Waals surface area contributed by atoms with Gasteiger partial charge in [0.15, 0.2) is 0 Å². The molecule has 0 aromatic carbocycles. The SMILES string of the molecule is Cc1cc(CNC(C)CCC(C)C)c(C)s1. The van der Waals surface area contributed by atoms with E-state index in [-0.39, 0.29) is 0 Å². The minimum Gasteiger partial charge on any atom is -0.310 e. The Bertz CT molecular complexity index is 315. The van der Waals surface area contributed by atoms with Crippen LogP contribution in [0.15, 0.2) is 6.07 Å². The third-order valence-electron chi connectivity index (χ3n) is 2.96. The van der Waals surface area contributed by atoms with Crippen molar-refractivity contribution in [3.63, 3.8) is 0 Å². The van der Waals surface area contributed by atoms with Gasteiger partial charge in [0.2, 0.25) is 0 Å². The molecular formula is C14H25NS. The Balaban J connectivity index is 2.31. The fraction of sp³-hybridized carbons (Fsp3) is 0.714. The van der Waals surface area contributed by atoms with Crippen molar-refractivity contribution in [1.29, 1.82) is 0 Å². The molecule has 1 atom stereocenters. The summed E-state index contributed by atoms with van der Waals surface area (Å²) in [6.45, 7) is 12.3. The van der Waals surface area contributed by atoms with Crippen LogP contribution in [0.25, 0.3) is 0 Å². The van der Waals surface area contributed by atoms with Crippen molar-refractivity contribution in [3.8, 4) is 0 Å². The highest BCUT2D eigenvalue weighted by Gasteiger charge is 2.06. The van der Waals surface area contributed by atoms with Crippen molar-refractivity contribution in [3.05, 3.63) is 21.4 Å². The molecular weight excluding hydrogens is 214 g/mol. The molecule has 0 amide bonds. The van der Waals surface area contributed by atoms with Gasteiger partial charge in [-0.05, 0) is 51.2 Å². The lowest BCUT2D eigenvalue weighted by molar-refractivity contribution is 0.450. The molecule has 0 spiro atoms. The molecule has 0 bridgehead atoms. The second-order valence-corrected chi connectivity index (χ2v) is 6.65. The molecule has 0 aliphatic rings. The van der Waals surface area contributed by atoms with Gasteiger partial charge in [0.25, 0.3) is 0 Å². The number of thiophene rings is 1. The highest BCUT2D eigenvalue weighted by Crippen LogP contribution is 2.20. The lowest BCUT2D eigenvalue weighted by Crippen LogP contribution is -2.25. The lowest BCUT2D eigenvalue weighted by atomic mass is 10.0. The Labute approximate surface area is 104 Å². The fourth-order valence-electron chi connectivity index (χ4n) is 1.83. The molecule has 0 aliphatic heterocycles. The molecule has 2 heteroatoms.